The van der Waals surface area contributed by atoms with E-state index in [1.165, 1.54) is 18.2 Å². The smallest absolute Gasteiger partial charge is 0.255 e. The molecule has 1 aliphatic heterocycles. The van der Waals surface area contributed by atoms with Crippen LogP contribution in [0, 0.1) is 5.92 Å². The minimum absolute atomic E-state index is 0.0379. The van der Waals surface area contributed by atoms with Crippen LogP contribution in [0.1, 0.15) is 23.2 Å². The maximum Gasteiger partial charge on any atom is 0.255 e. The molecule has 0 spiro atoms. The molecule has 3 N–H and O–H groups in total. The molecule has 1 heterocycles. The molecule has 1 aromatic carbocycles. The molecule has 0 atom stereocenters. The van der Waals surface area contributed by atoms with E-state index in [1.54, 1.807) is 0 Å². The van der Waals surface area contributed by atoms with Crippen molar-refractivity contribution in [2.24, 2.45) is 5.92 Å². The summed E-state index contributed by atoms with van der Waals surface area (Å²) in [6.45, 7) is 2.03. The molecule has 1 amide bonds. The van der Waals surface area contributed by atoms with Crippen LogP contribution in [0.5, 0.6) is 11.5 Å². The van der Waals surface area contributed by atoms with E-state index in [1.807, 2.05) is 0 Å². The van der Waals surface area contributed by atoms with E-state index < -0.39 is 0 Å². The zero-order valence-electron chi connectivity index (χ0n) is 10.1. The number of ether oxygens (including phenoxy) is 1. The highest BCUT2D eigenvalue weighted by Gasteiger charge is 2.17. The van der Waals surface area contributed by atoms with Crippen molar-refractivity contribution in [1.82, 2.24) is 5.32 Å². The fourth-order valence-electron chi connectivity index (χ4n) is 1.99. The molecule has 1 fully saturated rings. The second kappa shape index (κ2) is 5.73. The van der Waals surface area contributed by atoms with Gasteiger partial charge in [-0.25, -0.2) is 0 Å². The molecule has 5 nitrogen and oxygen atoms in total. The van der Waals surface area contributed by atoms with Crippen molar-refractivity contribution < 1.29 is 19.7 Å². The lowest BCUT2D eigenvalue weighted by atomic mass is 10.0. The van der Waals surface area contributed by atoms with Crippen LogP contribution in [0.4, 0.5) is 0 Å². The lowest BCUT2D eigenvalue weighted by Crippen LogP contribution is -2.32. The summed E-state index contributed by atoms with van der Waals surface area (Å²) in [4.78, 5) is 11.8. The monoisotopic (exact) mass is 251 g/mol. The summed E-state index contributed by atoms with van der Waals surface area (Å²) in [5.74, 6) is -0.113. The normalized spacial score (nSPS) is 16.4. The maximum atomic E-state index is 11.8. The predicted molar refractivity (Wildman–Crippen MR) is 65.6 cm³/mol. The quantitative estimate of drug-likeness (QED) is 0.706. The number of hydrogen-bond acceptors (Lipinski definition) is 4. The first-order valence-corrected chi connectivity index (χ1v) is 6.05. The Bertz CT molecular complexity index is 427. The molecule has 0 radical (unpaired) electrons. The molecule has 1 aromatic rings. The highest BCUT2D eigenvalue weighted by molar-refractivity contribution is 5.97. The zero-order chi connectivity index (χ0) is 13.0. The van der Waals surface area contributed by atoms with E-state index in [2.05, 4.69) is 5.32 Å². The second-order valence-electron chi connectivity index (χ2n) is 4.47. The molecular formula is C13H17NO4. The molecular weight excluding hydrogens is 234 g/mol. The van der Waals surface area contributed by atoms with Gasteiger partial charge in [-0.15, -0.1) is 0 Å². The highest BCUT2D eigenvalue weighted by Crippen LogP contribution is 2.22. The largest absolute Gasteiger partial charge is 0.508 e. The summed E-state index contributed by atoms with van der Waals surface area (Å²) in [5.41, 5.74) is 0.0991. The lowest BCUT2D eigenvalue weighted by Gasteiger charge is -2.22. The number of carbonyl (C=O) groups is 1. The molecule has 18 heavy (non-hydrogen) atoms. The highest BCUT2D eigenvalue weighted by atomic mass is 16.5. The first-order chi connectivity index (χ1) is 8.66. The van der Waals surface area contributed by atoms with E-state index in [0.29, 0.717) is 12.5 Å². The molecule has 1 saturated heterocycles. The van der Waals surface area contributed by atoms with Crippen molar-refractivity contribution in [3.8, 4) is 11.5 Å². The van der Waals surface area contributed by atoms with Crippen molar-refractivity contribution in [1.29, 1.82) is 0 Å². The molecule has 0 saturated carbocycles. The summed E-state index contributed by atoms with van der Waals surface area (Å²) in [6, 6.07) is 3.90. The SMILES string of the molecule is O=C(NCC1CCOCC1)c1cc(O)ccc1O. The summed E-state index contributed by atoms with van der Waals surface area (Å²) in [6.07, 6.45) is 1.87. The van der Waals surface area contributed by atoms with Crippen LogP contribution in [0.3, 0.4) is 0 Å². The van der Waals surface area contributed by atoms with Crippen LogP contribution in [-0.2, 0) is 4.74 Å². The molecule has 0 aliphatic carbocycles. The van der Waals surface area contributed by atoms with Crippen LogP contribution in [0.15, 0.2) is 18.2 Å². The number of amides is 1. The Morgan fingerprint density at radius 2 is 2.06 bits per heavy atom. The Morgan fingerprint density at radius 1 is 1.33 bits per heavy atom. The van der Waals surface area contributed by atoms with Gasteiger partial charge >= 0.3 is 0 Å². The number of hydrogen-bond donors (Lipinski definition) is 3. The fraction of sp³-hybridized carbons (Fsp3) is 0.462. The average molecular weight is 251 g/mol. The Kier molecular flexibility index (Phi) is 4.04. The first-order valence-electron chi connectivity index (χ1n) is 6.05. The van der Waals surface area contributed by atoms with Gasteiger partial charge in [0.2, 0.25) is 0 Å². The molecule has 0 aromatic heterocycles. The van der Waals surface area contributed by atoms with Gasteiger partial charge in [-0.2, -0.15) is 0 Å². The predicted octanol–water partition coefficient (Wildman–Crippen LogP) is 1.25. The topological polar surface area (TPSA) is 78.8 Å². The van der Waals surface area contributed by atoms with Crippen molar-refractivity contribution in [3.63, 3.8) is 0 Å². The molecule has 2 rings (SSSR count). The number of aromatic hydroxyl groups is 2. The van der Waals surface area contributed by atoms with Crippen molar-refractivity contribution in [2.45, 2.75) is 12.8 Å². The van der Waals surface area contributed by atoms with Gasteiger partial charge in [0.1, 0.15) is 11.5 Å². The Balaban J connectivity index is 1.92. The first kappa shape index (κ1) is 12.7. The van der Waals surface area contributed by atoms with Gasteiger partial charge in [0.15, 0.2) is 0 Å². The zero-order valence-corrected chi connectivity index (χ0v) is 10.1. The minimum Gasteiger partial charge on any atom is -0.508 e. The van der Waals surface area contributed by atoms with Crippen molar-refractivity contribution in [2.75, 3.05) is 19.8 Å². The van der Waals surface area contributed by atoms with E-state index in [9.17, 15) is 15.0 Å². The third-order valence-corrected chi connectivity index (χ3v) is 3.12. The van der Waals surface area contributed by atoms with Gasteiger partial charge in [-0.3, -0.25) is 4.79 Å². The maximum absolute atomic E-state index is 11.8. The molecule has 0 bridgehead atoms. The molecule has 5 heteroatoms. The molecule has 0 unspecified atom stereocenters. The summed E-state index contributed by atoms with van der Waals surface area (Å²) in [7, 11) is 0. The van der Waals surface area contributed by atoms with Gasteiger partial charge in [-0.05, 0) is 37.0 Å². The minimum atomic E-state index is -0.366. The lowest BCUT2D eigenvalue weighted by molar-refractivity contribution is 0.0642. The number of benzene rings is 1. The van der Waals surface area contributed by atoms with E-state index in [0.717, 1.165) is 26.1 Å². The number of phenolic OH excluding ortho intramolecular Hbond substituents is 2. The summed E-state index contributed by atoms with van der Waals surface area (Å²) >= 11 is 0. The van der Waals surface area contributed by atoms with Crippen LogP contribution < -0.4 is 5.32 Å². The van der Waals surface area contributed by atoms with Gasteiger partial charge in [0.05, 0.1) is 5.56 Å². The van der Waals surface area contributed by atoms with E-state index in [-0.39, 0.29) is 23.0 Å². The average Bonchev–Trinajstić information content (AvgIpc) is 2.40. The standard InChI is InChI=1S/C13H17NO4/c15-10-1-2-12(16)11(7-10)13(17)14-8-9-3-5-18-6-4-9/h1-2,7,9,15-16H,3-6,8H2,(H,14,17). The molecule has 98 valence electrons. The Morgan fingerprint density at radius 3 is 2.78 bits per heavy atom. The summed E-state index contributed by atoms with van der Waals surface area (Å²) in [5, 5.41) is 21.6. The number of carbonyl (C=O) groups excluding carboxylic acids is 1. The Labute approximate surface area is 105 Å². The van der Waals surface area contributed by atoms with Gasteiger partial charge in [-0.1, -0.05) is 0 Å². The fourth-order valence-corrected chi connectivity index (χ4v) is 1.99. The second-order valence-corrected chi connectivity index (χ2v) is 4.47. The van der Waals surface area contributed by atoms with Crippen LogP contribution >= 0.6 is 0 Å². The Hall–Kier alpha value is -1.75. The molecule has 1 aliphatic rings. The van der Waals surface area contributed by atoms with E-state index in [4.69, 9.17) is 4.74 Å². The van der Waals surface area contributed by atoms with Gasteiger partial charge < -0.3 is 20.3 Å². The van der Waals surface area contributed by atoms with Crippen molar-refractivity contribution in [3.05, 3.63) is 23.8 Å². The van der Waals surface area contributed by atoms with Crippen LogP contribution in [0.2, 0.25) is 0 Å². The van der Waals surface area contributed by atoms with Crippen LogP contribution in [0.25, 0.3) is 0 Å². The number of nitrogens with one attached hydrogen (secondary N) is 1. The number of rotatable bonds is 3. The van der Waals surface area contributed by atoms with E-state index >= 15 is 0 Å². The van der Waals surface area contributed by atoms with Gasteiger partial charge in [0, 0.05) is 19.8 Å². The third-order valence-electron chi connectivity index (χ3n) is 3.12. The van der Waals surface area contributed by atoms with Crippen LogP contribution in [-0.4, -0.2) is 35.9 Å². The third kappa shape index (κ3) is 3.13. The number of phenols is 2. The van der Waals surface area contributed by atoms with Gasteiger partial charge in [0.25, 0.3) is 5.91 Å². The van der Waals surface area contributed by atoms with Crippen molar-refractivity contribution >= 4 is 5.91 Å². The summed E-state index contributed by atoms with van der Waals surface area (Å²) < 4.78 is 5.24.